The molecule has 154 valence electrons. The maximum atomic E-state index is 13.7. The summed E-state index contributed by atoms with van der Waals surface area (Å²) in [6, 6.07) is 3.33. The Labute approximate surface area is 172 Å². The molecule has 2 atom stereocenters. The van der Waals surface area contributed by atoms with Gasteiger partial charge in [0, 0.05) is 34.9 Å². The van der Waals surface area contributed by atoms with E-state index in [1.165, 1.54) is 19.4 Å². The van der Waals surface area contributed by atoms with E-state index in [0.29, 0.717) is 22.4 Å². The molecular formula is C22H22FN5O2. The van der Waals surface area contributed by atoms with Crippen LogP contribution >= 0.6 is 0 Å². The molecule has 1 N–H and O–H groups in total. The van der Waals surface area contributed by atoms with Gasteiger partial charge in [0.15, 0.2) is 5.82 Å². The van der Waals surface area contributed by atoms with Crippen LogP contribution in [0.5, 0.6) is 0 Å². The highest BCUT2D eigenvalue weighted by atomic mass is 19.1. The Morgan fingerprint density at radius 3 is 3.03 bits per heavy atom. The van der Waals surface area contributed by atoms with Crippen molar-refractivity contribution in [2.45, 2.75) is 38.6 Å². The molecule has 0 amide bonds. The summed E-state index contributed by atoms with van der Waals surface area (Å²) >= 11 is 0. The Kier molecular flexibility index (Phi) is 4.30. The van der Waals surface area contributed by atoms with Crippen molar-refractivity contribution in [2.75, 3.05) is 7.11 Å². The van der Waals surface area contributed by atoms with E-state index in [-0.39, 0.29) is 12.0 Å². The lowest BCUT2D eigenvalue weighted by Gasteiger charge is -2.39. The van der Waals surface area contributed by atoms with Crippen LogP contribution in [0.15, 0.2) is 36.9 Å². The molecule has 1 fully saturated rings. The third-order valence-corrected chi connectivity index (χ3v) is 6.34. The summed E-state index contributed by atoms with van der Waals surface area (Å²) in [5.74, 6) is -0.123. The number of nitrogens with one attached hydrogen (secondary N) is 1. The normalized spacial score (nSPS) is 21.9. The van der Waals surface area contributed by atoms with Gasteiger partial charge >= 0.3 is 5.97 Å². The smallest absolute Gasteiger partial charge is 0.313 e. The van der Waals surface area contributed by atoms with Gasteiger partial charge in [-0.1, -0.05) is 12.8 Å². The number of nitrogens with zero attached hydrogens (tertiary/aromatic N) is 4. The van der Waals surface area contributed by atoms with Gasteiger partial charge in [0.2, 0.25) is 0 Å². The quantitative estimate of drug-likeness (QED) is 0.509. The fraction of sp³-hybridized carbons (Fsp3) is 0.364. The number of halogens is 1. The summed E-state index contributed by atoms with van der Waals surface area (Å²) in [5.41, 5.74) is 1.40. The summed E-state index contributed by atoms with van der Waals surface area (Å²) in [7, 11) is 1.44. The van der Waals surface area contributed by atoms with Crippen molar-refractivity contribution >= 4 is 28.0 Å². The minimum absolute atomic E-state index is 0.0546. The van der Waals surface area contributed by atoms with Gasteiger partial charge in [-0.2, -0.15) is 0 Å². The van der Waals surface area contributed by atoms with Gasteiger partial charge < -0.3 is 14.3 Å². The van der Waals surface area contributed by atoms with Crippen molar-refractivity contribution in [3.05, 3.63) is 42.7 Å². The van der Waals surface area contributed by atoms with Gasteiger partial charge in [-0.25, -0.2) is 19.3 Å². The van der Waals surface area contributed by atoms with Gasteiger partial charge in [-0.05, 0) is 31.9 Å². The molecule has 0 aromatic carbocycles. The standard InChI is InChI=1S/C22H22FN5O2/c1-22(21(29)30-2)7-4-3-5-17(22)28-8-6-13-10-24-19(27-20(13)28)16-12-26-18-15(16)9-14(23)11-25-18/h6,8-12,17H,3-5,7H2,1-2H3,(H,25,26)/t17-,22-/m0/s1. The second-order valence-corrected chi connectivity index (χ2v) is 8.12. The van der Waals surface area contributed by atoms with Crippen LogP contribution in [-0.2, 0) is 9.53 Å². The molecule has 4 aromatic heterocycles. The highest BCUT2D eigenvalue weighted by Crippen LogP contribution is 2.46. The number of fused-ring (bicyclic) bond motifs is 2. The molecule has 1 aliphatic rings. The van der Waals surface area contributed by atoms with Crippen LogP contribution in [0.25, 0.3) is 33.5 Å². The predicted octanol–water partition coefficient (Wildman–Crippen LogP) is 4.41. The van der Waals surface area contributed by atoms with Crippen LogP contribution < -0.4 is 0 Å². The van der Waals surface area contributed by atoms with E-state index < -0.39 is 11.2 Å². The number of hydrogen-bond acceptors (Lipinski definition) is 5. The molecule has 30 heavy (non-hydrogen) atoms. The van der Waals surface area contributed by atoms with Gasteiger partial charge in [-0.15, -0.1) is 0 Å². The molecule has 7 nitrogen and oxygen atoms in total. The topological polar surface area (TPSA) is 85.7 Å². The molecule has 5 rings (SSSR count). The molecule has 0 spiro atoms. The summed E-state index contributed by atoms with van der Waals surface area (Å²) in [6.45, 7) is 1.98. The number of carbonyl (C=O) groups is 1. The Hall–Kier alpha value is -3.29. The van der Waals surface area contributed by atoms with Crippen molar-refractivity contribution in [2.24, 2.45) is 5.41 Å². The zero-order chi connectivity index (χ0) is 20.9. The van der Waals surface area contributed by atoms with Crippen LogP contribution in [-0.4, -0.2) is 37.6 Å². The second kappa shape index (κ2) is 6.90. The lowest BCUT2D eigenvalue weighted by Crippen LogP contribution is -2.40. The number of esters is 1. The third kappa shape index (κ3) is 2.78. The number of methoxy groups -OCH3 is 1. The predicted molar refractivity (Wildman–Crippen MR) is 110 cm³/mol. The summed E-state index contributed by atoms with van der Waals surface area (Å²) in [6.07, 6.45) is 10.3. The number of carbonyl (C=O) groups excluding carboxylic acids is 1. The Bertz CT molecular complexity index is 1260. The van der Waals surface area contributed by atoms with E-state index in [0.717, 1.165) is 36.7 Å². The summed E-state index contributed by atoms with van der Waals surface area (Å²) < 4.78 is 21.0. The zero-order valence-corrected chi connectivity index (χ0v) is 16.9. The molecule has 8 heteroatoms. The van der Waals surface area contributed by atoms with Crippen LogP contribution in [0.2, 0.25) is 0 Å². The number of rotatable bonds is 3. The van der Waals surface area contributed by atoms with Crippen LogP contribution in [0.3, 0.4) is 0 Å². The molecule has 0 saturated heterocycles. The molecule has 0 unspecified atom stereocenters. The lowest BCUT2D eigenvalue weighted by molar-refractivity contribution is -0.156. The first-order chi connectivity index (χ1) is 14.5. The first-order valence-corrected chi connectivity index (χ1v) is 10.1. The van der Waals surface area contributed by atoms with Gasteiger partial charge in [-0.3, -0.25) is 4.79 Å². The molecule has 0 radical (unpaired) electrons. The number of hydrogen-bond donors (Lipinski definition) is 1. The van der Waals surface area contributed by atoms with Crippen molar-refractivity contribution in [3.8, 4) is 11.4 Å². The third-order valence-electron chi connectivity index (χ3n) is 6.34. The molecule has 4 aromatic rings. The minimum Gasteiger partial charge on any atom is -0.469 e. The van der Waals surface area contributed by atoms with Crippen LogP contribution in [0, 0.1) is 11.2 Å². The monoisotopic (exact) mass is 407 g/mol. The number of ether oxygens (including phenoxy) is 1. The fourth-order valence-corrected chi connectivity index (χ4v) is 4.71. The summed E-state index contributed by atoms with van der Waals surface area (Å²) in [5, 5.41) is 1.52. The number of H-pyrrole nitrogens is 1. The van der Waals surface area contributed by atoms with Gasteiger partial charge in [0.05, 0.1) is 24.8 Å². The van der Waals surface area contributed by atoms with E-state index in [1.807, 2.05) is 19.2 Å². The minimum atomic E-state index is -0.613. The van der Waals surface area contributed by atoms with E-state index in [2.05, 4.69) is 19.5 Å². The zero-order valence-electron chi connectivity index (χ0n) is 16.9. The van der Waals surface area contributed by atoms with Crippen LogP contribution in [0.1, 0.15) is 38.6 Å². The van der Waals surface area contributed by atoms with E-state index in [4.69, 9.17) is 9.72 Å². The van der Waals surface area contributed by atoms with Gasteiger partial charge in [0.25, 0.3) is 0 Å². The highest BCUT2D eigenvalue weighted by molar-refractivity contribution is 5.92. The molecule has 1 aliphatic carbocycles. The highest BCUT2D eigenvalue weighted by Gasteiger charge is 2.45. The van der Waals surface area contributed by atoms with Crippen LogP contribution in [0.4, 0.5) is 4.39 Å². The molecule has 0 aliphatic heterocycles. The van der Waals surface area contributed by atoms with Gasteiger partial charge in [0.1, 0.15) is 17.1 Å². The Balaban J connectivity index is 1.64. The second-order valence-electron chi connectivity index (χ2n) is 8.12. The van der Waals surface area contributed by atoms with E-state index >= 15 is 0 Å². The van der Waals surface area contributed by atoms with Crippen molar-refractivity contribution in [1.29, 1.82) is 0 Å². The number of pyridine rings is 1. The maximum Gasteiger partial charge on any atom is 0.313 e. The maximum absolute atomic E-state index is 13.7. The lowest BCUT2D eigenvalue weighted by atomic mass is 9.71. The largest absolute Gasteiger partial charge is 0.469 e. The molecule has 1 saturated carbocycles. The fourth-order valence-electron chi connectivity index (χ4n) is 4.71. The van der Waals surface area contributed by atoms with Crippen molar-refractivity contribution in [3.63, 3.8) is 0 Å². The molecular weight excluding hydrogens is 385 g/mol. The SMILES string of the molecule is COC(=O)[C@@]1(C)CCCC[C@@H]1n1ccc2cnc(-c3c[nH]c4ncc(F)cc34)nc21. The Morgan fingerprint density at radius 1 is 1.33 bits per heavy atom. The van der Waals surface area contributed by atoms with Crippen molar-refractivity contribution in [1.82, 2.24) is 24.5 Å². The Morgan fingerprint density at radius 2 is 2.20 bits per heavy atom. The number of aromatic nitrogens is 5. The van der Waals surface area contributed by atoms with E-state index in [9.17, 15) is 9.18 Å². The average molecular weight is 407 g/mol. The van der Waals surface area contributed by atoms with Crippen molar-refractivity contribution < 1.29 is 13.9 Å². The molecule has 4 heterocycles. The molecule has 0 bridgehead atoms. The first kappa shape index (κ1) is 18.7. The first-order valence-electron chi connectivity index (χ1n) is 10.1. The average Bonchev–Trinajstić information content (AvgIpc) is 3.36. The number of aromatic amines is 1. The summed E-state index contributed by atoms with van der Waals surface area (Å²) in [4.78, 5) is 29.1. The van der Waals surface area contributed by atoms with E-state index in [1.54, 1.807) is 12.4 Å².